The van der Waals surface area contributed by atoms with Crippen molar-refractivity contribution in [3.05, 3.63) is 60.2 Å². The maximum atomic E-state index is 12.1. The van der Waals surface area contributed by atoms with Crippen LogP contribution in [0, 0.1) is 0 Å². The second-order valence-electron chi connectivity index (χ2n) is 11.1. The normalized spacial score (nSPS) is 11.6. The number of carbonyl (C=O) groups is 1. The number of unbranched alkanes of at least 4 members (excludes halogenated alkanes) is 1. The van der Waals surface area contributed by atoms with E-state index in [1.807, 2.05) is 12.1 Å². The van der Waals surface area contributed by atoms with Crippen LogP contribution in [0.25, 0.3) is 0 Å². The second kappa shape index (κ2) is 32.7. The van der Waals surface area contributed by atoms with Gasteiger partial charge in [0.05, 0.1) is 136 Å². The molecule has 302 valence electrons. The highest BCUT2D eigenvalue weighted by Crippen LogP contribution is 2.12. The average Bonchev–Trinajstić information content (AvgIpc) is 3.17. The Balaban J connectivity index is 1.20. The molecule has 2 aromatic rings. The monoisotopic (exact) mass is 773 g/mol. The summed E-state index contributed by atoms with van der Waals surface area (Å²) in [5.74, 6) is -0.369. The van der Waals surface area contributed by atoms with Crippen molar-refractivity contribution in [1.29, 1.82) is 0 Å². The Morgan fingerprint density at radius 3 is 1.28 bits per heavy atom. The predicted octanol–water partition coefficient (Wildman–Crippen LogP) is 3.61. The molecule has 0 amide bonds. The number of ether oxygens (including phenoxy) is 10. The maximum Gasteiger partial charge on any atom is 0.338 e. The molecule has 0 fully saturated rings. The average molecular weight is 774 g/mol. The Hall–Kier alpha value is -2.74. The highest BCUT2D eigenvalue weighted by molar-refractivity contribution is 7.86. The Morgan fingerprint density at radius 1 is 0.509 bits per heavy atom. The number of hydrogen-bond acceptors (Lipinski definition) is 15. The molecule has 0 saturated carbocycles. The van der Waals surface area contributed by atoms with Crippen molar-refractivity contribution in [2.24, 2.45) is 0 Å². The van der Waals surface area contributed by atoms with Crippen LogP contribution in [0.5, 0.6) is 0 Å². The van der Waals surface area contributed by atoms with Crippen LogP contribution in [0.3, 0.4) is 0 Å². The van der Waals surface area contributed by atoms with Crippen LogP contribution in [0.1, 0.15) is 30.1 Å². The quantitative estimate of drug-likeness (QED) is 0.0601. The highest BCUT2D eigenvalue weighted by atomic mass is 32.2. The fraction of sp³-hybridized carbons (Fsp3) is 0.649. The van der Waals surface area contributed by atoms with E-state index in [9.17, 15) is 13.2 Å². The molecule has 0 aliphatic carbocycles. The fourth-order valence-corrected chi connectivity index (χ4v) is 5.04. The van der Waals surface area contributed by atoms with Gasteiger partial charge in [0.25, 0.3) is 10.1 Å². The summed E-state index contributed by atoms with van der Waals surface area (Å²) in [5.41, 5.74) is 1.50. The molecule has 16 heteroatoms. The summed E-state index contributed by atoms with van der Waals surface area (Å²) >= 11 is 0. The first kappa shape index (κ1) is 46.4. The van der Waals surface area contributed by atoms with E-state index in [-0.39, 0.29) is 30.7 Å². The van der Waals surface area contributed by atoms with E-state index in [0.717, 1.165) is 25.1 Å². The smallest absolute Gasteiger partial charge is 0.338 e. The van der Waals surface area contributed by atoms with Gasteiger partial charge in [-0.3, -0.25) is 4.18 Å². The van der Waals surface area contributed by atoms with Crippen molar-refractivity contribution in [2.45, 2.75) is 24.7 Å². The summed E-state index contributed by atoms with van der Waals surface area (Å²) in [6.45, 7) is 10.6. The van der Waals surface area contributed by atoms with Crippen molar-refractivity contribution in [3.63, 3.8) is 0 Å². The largest absolute Gasteiger partial charge is 0.460 e. The third kappa shape index (κ3) is 25.8. The van der Waals surface area contributed by atoms with Crippen molar-refractivity contribution in [2.75, 3.05) is 144 Å². The summed E-state index contributed by atoms with van der Waals surface area (Å²) < 4.78 is 83.1. The molecule has 2 rings (SSSR count). The molecular weight excluding hydrogens is 714 g/mol. The van der Waals surface area contributed by atoms with Gasteiger partial charge in [-0.2, -0.15) is 8.42 Å². The molecule has 0 bridgehead atoms. The molecule has 0 unspecified atom stereocenters. The molecule has 0 spiro atoms. The van der Waals surface area contributed by atoms with Crippen molar-refractivity contribution in [1.82, 2.24) is 0 Å². The van der Waals surface area contributed by atoms with Crippen LogP contribution >= 0.6 is 0 Å². The van der Waals surface area contributed by atoms with Gasteiger partial charge in [-0.15, -0.1) is 0 Å². The number of nitrogens with one attached hydrogen (secondary N) is 1. The molecule has 0 aliphatic heterocycles. The van der Waals surface area contributed by atoms with E-state index in [4.69, 9.17) is 51.6 Å². The molecule has 15 nitrogen and oxygen atoms in total. The van der Waals surface area contributed by atoms with Crippen molar-refractivity contribution < 1.29 is 64.8 Å². The zero-order valence-corrected chi connectivity index (χ0v) is 31.9. The number of carbonyl (C=O) groups excluding carboxylic acids is 1. The van der Waals surface area contributed by atoms with Crippen molar-refractivity contribution >= 4 is 21.8 Å². The number of anilines is 1. The first-order valence-corrected chi connectivity index (χ1v) is 19.6. The Kier molecular flexibility index (Phi) is 28.6. The number of hydrogen-bond donors (Lipinski definition) is 1. The Labute approximate surface area is 314 Å². The van der Waals surface area contributed by atoms with Gasteiger partial charge in [0.1, 0.15) is 6.61 Å². The lowest BCUT2D eigenvalue weighted by atomic mass is 10.2. The molecule has 0 saturated heterocycles. The molecule has 0 atom stereocenters. The van der Waals surface area contributed by atoms with Gasteiger partial charge in [0.15, 0.2) is 0 Å². The molecular formula is C37H59NO14S. The summed E-state index contributed by atoms with van der Waals surface area (Å²) in [6.07, 6.45) is 2.23. The molecule has 53 heavy (non-hydrogen) atoms. The van der Waals surface area contributed by atoms with Crippen LogP contribution in [0.15, 0.2) is 59.5 Å². The van der Waals surface area contributed by atoms with Crippen LogP contribution in [0.2, 0.25) is 0 Å². The van der Waals surface area contributed by atoms with Crippen molar-refractivity contribution in [3.8, 4) is 0 Å². The summed E-state index contributed by atoms with van der Waals surface area (Å²) in [4.78, 5) is 12.2. The van der Waals surface area contributed by atoms with Gasteiger partial charge >= 0.3 is 5.97 Å². The number of esters is 1. The van der Waals surface area contributed by atoms with Gasteiger partial charge in [-0.05, 0) is 42.8 Å². The third-order valence-electron chi connectivity index (χ3n) is 6.91. The van der Waals surface area contributed by atoms with Gasteiger partial charge in [0, 0.05) is 12.2 Å². The summed E-state index contributed by atoms with van der Waals surface area (Å²) in [7, 11) is -3.76. The predicted molar refractivity (Wildman–Crippen MR) is 197 cm³/mol. The molecule has 0 heterocycles. The first-order chi connectivity index (χ1) is 26.0. The zero-order chi connectivity index (χ0) is 37.9. The minimum atomic E-state index is -3.76. The highest BCUT2D eigenvalue weighted by Gasteiger charge is 2.13. The SMILES string of the molecule is CCCCNc1ccc(C(=O)OCCOCCOCCOCCOCCOCCOCCOCCOCCOCCOS(=O)(=O)c2ccccc2)cc1. The van der Waals surface area contributed by atoms with Crippen LogP contribution in [-0.2, 0) is 61.7 Å². The lowest BCUT2D eigenvalue weighted by Crippen LogP contribution is -2.16. The molecule has 0 radical (unpaired) electrons. The second-order valence-corrected chi connectivity index (χ2v) is 12.7. The first-order valence-electron chi connectivity index (χ1n) is 18.2. The molecule has 1 N–H and O–H groups in total. The van der Waals surface area contributed by atoms with E-state index >= 15 is 0 Å². The van der Waals surface area contributed by atoms with E-state index in [2.05, 4.69) is 12.2 Å². The summed E-state index contributed by atoms with van der Waals surface area (Å²) in [6, 6.07) is 15.2. The fourth-order valence-electron chi connectivity index (χ4n) is 4.13. The lowest BCUT2D eigenvalue weighted by molar-refractivity contribution is -0.0262. The van der Waals surface area contributed by atoms with Crippen LogP contribution in [-0.4, -0.2) is 153 Å². The third-order valence-corrected chi connectivity index (χ3v) is 8.24. The van der Waals surface area contributed by atoms with Gasteiger partial charge in [-0.1, -0.05) is 31.5 Å². The summed E-state index contributed by atoms with van der Waals surface area (Å²) in [5, 5.41) is 3.31. The number of benzene rings is 2. The van der Waals surface area contributed by atoms with Crippen LogP contribution in [0.4, 0.5) is 5.69 Å². The van der Waals surface area contributed by atoms with Gasteiger partial charge < -0.3 is 52.7 Å². The number of rotatable bonds is 37. The van der Waals surface area contributed by atoms with Gasteiger partial charge in [-0.25, -0.2) is 4.79 Å². The molecule has 0 aliphatic rings. The molecule has 0 aromatic heterocycles. The lowest BCUT2D eigenvalue weighted by Gasteiger charge is -2.09. The Morgan fingerprint density at radius 2 is 0.887 bits per heavy atom. The van der Waals surface area contributed by atoms with E-state index in [1.54, 1.807) is 30.3 Å². The van der Waals surface area contributed by atoms with Crippen LogP contribution < -0.4 is 5.32 Å². The topological polar surface area (TPSA) is 165 Å². The molecule has 2 aromatic carbocycles. The van der Waals surface area contributed by atoms with Gasteiger partial charge in [0.2, 0.25) is 0 Å². The maximum absolute atomic E-state index is 12.1. The van der Waals surface area contributed by atoms with E-state index in [1.165, 1.54) is 12.1 Å². The minimum absolute atomic E-state index is 0.0642. The zero-order valence-electron chi connectivity index (χ0n) is 31.1. The standard InChI is InChI=1S/C37H59NO14S/c1-2-3-13-38-35-11-9-34(10-12-35)37(39)51-32-30-49-28-26-47-24-22-45-20-18-43-16-14-42-15-17-44-19-21-46-23-25-48-27-29-50-31-33-52-53(40,41)36-7-5-4-6-8-36/h4-12,38H,2-3,13-33H2,1H3. The Bertz CT molecular complexity index is 1240. The van der Waals surface area contributed by atoms with E-state index < -0.39 is 10.1 Å². The van der Waals surface area contributed by atoms with E-state index in [0.29, 0.717) is 118 Å². The minimum Gasteiger partial charge on any atom is -0.460 e.